The fraction of sp³-hybridized carbons (Fsp3) is 0.462. The molecule has 1 aliphatic carbocycles. The van der Waals surface area contributed by atoms with Crippen LogP contribution in [0.4, 0.5) is 42.4 Å². The fourth-order valence-electron chi connectivity index (χ4n) is 4.73. The van der Waals surface area contributed by atoms with E-state index < -0.39 is 49.1 Å². The van der Waals surface area contributed by atoms with Gasteiger partial charge in [0.2, 0.25) is 11.8 Å². The Morgan fingerprint density at radius 2 is 1.77 bits per heavy atom. The monoisotopic (exact) mass is 657 g/mol. The predicted octanol–water partition coefficient (Wildman–Crippen LogP) is 7.48. The lowest BCUT2D eigenvalue weighted by Gasteiger charge is -2.29. The standard InChI is InChI=1S/C26H24Cl2F7N5O3/c27-15-6-3-12(9-36-23(42)21(31)32)19(28)20(15)38-25-37-16-8-14(24(39-22(16)40-25)43-10-18(29)30)17(41)7-11-1-4-13(5-2-11)26(33,34)35/h3,6,8,11,13,18,21H,1-2,4-5,7,9-10H2,(H,36,42)(H2,37,38,39,40). The highest BCUT2D eigenvalue weighted by Crippen LogP contribution is 2.41. The molecule has 1 saturated carbocycles. The van der Waals surface area contributed by atoms with Crippen molar-refractivity contribution < 1.29 is 45.1 Å². The molecule has 1 aliphatic rings. The first-order valence-electron chi connectivity index (χ1n) is 12.9. The van der Waals surface area contributed by atoms with Crippen molar-refractivity contribution in [1.82, 2.24) is 20.3 Å². The largest absolute Gasteiger partial charge is 0.471 e. The average molecular weight is 658 g/mol. The van der Waals surface area contributed by atoms with Crippen LogP contribution in [0.25, 0.3) is 11.2 Å². The number of carbonyl (C=O) groups is 2. The molecule has 0 saturated heterocycles. The third-order valence-corrected chi connectivity index (χ3v) is 7.68. The molecule has 2 aromatic heterocycles. The molecule has 1 amide bonds. The zero-order valence-electron chi connectivity index (χ0n) is 22.0. The van der Waals surface area contributed by atoms with Gasteiger partial charge in [-0.3, -0.25) is 9.59 Å². The number of aromatic amines is 1. The maximum absolute atomic E-state index is 13.2. The lowest BCUT2D eigenvalue weighted by atomic mass is 9.79. The molecule has 1 aromatic carbocycles. The molecule has 2 heterocycles. The number of Topliss-reactive ketones (excluding diaryl/α,β-unsaturated/α-hetero) is 1. The first-order valence-corrected chi connectivity index (χ1v) is 13.7. The summed E-state index contributed by atoms with van der Waals surface area (Å²) < 4.78 is 95.0. The van der Waals surface area contributed by atoms with Gasteiger partial charge in [0.15, 0.2) is 18.0 Å². The van der Waals surface area contributed by atoms with Gasteiger partial charge < -0.3 is 20.4 Å². The Morgan fingerprint density at radius 1 is 1.07 bits per heavy atom. The zero-order valence-corrected chi connectivity index (χ0v) is 23.5. The average Bonchev–Trinajstić information content (AvgIpc) is 3.34. The van der Waals surface area contributed by atoms with E-state index in [4.69, 9.17) is 27.9 Å². The molecule has 234 valence electrons. The molecule has 8 nitrogen and oxygen atoms in total. The number of hydrogen-bond donors (Lipinski definition) is 3. The van der Waals surface area contributed by atoms with Crippen LogP contribution in [0, 0.1) is 11.8 Å². The summed E-state index contributed by atoms with van der Waals surface area (Å²) in [6.07, 6.45) is -10.4. The second kappa shape index (κ2) is 13.5. The number of carbonyl (C=O) groups excluding carboxylic acids is 2. The fourth-order valence-corrected chi connectivity index (χ4v) is 5.26. The van der Waals surface area contributed by atoms with Gasteiger partial charge in [0, 0.05) is 13.0 Å². The van der Waals surface area contributed by atoms with Crippen molar-refractivity contribution in [3.8, 4) is 5.88 Å². The third-order valence-electron chi connectivity index (χ3n) is 6.93. The summed E-state index contributed by atoms with van der Waals surface area (Å²) in [5.74, 6) is -4.19. The highest BCUT2D eigenvalue weighted by atomic mass is 35.5. The Morgan fingerprint density at radius 3 is 2.40 bits per heavy atom. The van der Waals surface area contributed by atoms with E-state index >= 15 is 0 Å². The van der Waals surface area contributed by atoms with Gasteiger partial charge >= 0.3 is 12.6 Å². The minimum absolute atomic E-state index is 0.00468. The van der Waals surface area contributed by atoms with Crippen LogP contribution >= 0.6 is 23.2 Å². The van der Waals surface area contributed by atoms with Crippen LogP contribution in [-0.4, -0.2) is 52.3 Å². The van der Waals surface area contributed by atoms with Crippen molar-refractivity contribution in [1.29, 1.82) is 0 Å². The van der Waals surface area contributed by atoms with Crippen molar-refractivity contribution in [2.75, 3.05) is 11.9 Å². The molecule has 0 radical (unpaired) electrons. The number of ether oxygens (including phenoxy) is 1. The molecule has 0 atom stereocenters. The first kappa shape index (κ1) is 32.6. The van der Waals surface area contributed by atoms with Crippen LogP contribution in [0.1, 0.15) is 48.0 Å². The van der Waals surface area contributed by atoms with Gasteiger partial charge in [0.1, 0.15) is 0 Å². The number of fused-ring (bicyclic) bond motifs is 1. The smallest absolute Gasteiger partial charge is 0.391 e. The van der Waals surface area contributed by atoms with E-state index in [1.165, 1.54) is 18.2 Å². The van der Waals surface area contributed by atoms with Crippen LogP contribution in [0.3, 0.4) is 0 Å². The Balaban J connectivity index is 1.57. The highest BCUT2D eigenvalue weighted by molar-refractivity contribution is 6.39. The molecular weight excluding hydrogens is 634 g/mol. The summed E-state index contributed by atoms with van der Waals surface area (Å²) in [6.45, 7) is -1.39. The lowest BCUT2D eigenvalue weighted by Crippen LogP contribution is -2.29. The number of amides is 1. The Kier molecular flexibility index (Phi) is 10.3. The van der Waals surface area contributed by atoms with E-state index in [9.17, 15) is 40.3 Å². The molecule has 0 spiro atoms. The topological polar surface area (TPSA) is 109 Å². The number of alkyl halides is 7. The van der Waals surface area contributed by atoms with Crippen molar-refractivity contribution in [3.05, 3.63) is 39.4 Å². The summed E-state index contributed by atoms with van der Waals surface area (Å²) in [5.41, 5.74) is 0.335. The molecule has 17 heteroatoms. The van der Waals surface area contributed by atoms with Crippen LogP contribution in [-0.2, 0) is 11.3 Å². The summed E-state index contributed by atoms with van der Waals surface area (Å²) in [4.78, 5) is 35.6. The number of ketones is 1. The number of nitrogens with one attached hydrogen (secondary N) is 3. The number of aromatic nitrogens is 3. The number of pyridine rings is 1. The van der Waals surface area contributed by atoms with Crippen molar-refractivity contribution in [2.45, 2.75) is 57.7 Å². The first-order chi connectivity index (χ1) is 20.2. The minimum atomic E-state index is -4.30. The van der Waals surface area contributed by atoms with E-state index in [0.29, 0.717) is 0 Å². The van der Waals surface area contributed by atoms with Crippen LogP contribution in [0.15, 0.2) is 18.2 Å². The zero-order chi connectivity index (χ0) is 31.5. The van der Waals surface area contributed by atoms with Crippen LogP contribution in [0.5, 0.6) is 5.88 Å². The second-order valence-corrected chi connectivity index (χ2v) is 10.7. The number of benzene rings is 1. The van der Waals surface area contributed by atoms with Gasteiger partial charge in [0.05, 0.1) is 32.7 Å². The number of H-pyrrole nitrogens is 1. The van der Waals surface area contributed by atoms with Crippen molar-refractivity contribution >= 4 is 57.7 Å². The van der Waals surface area contributed by atoms with Crippen LogP contribution in [0.2, 0.25) is 10.0 Å². The van der Waals surface area contributed by atoms with E-state index in [-0.39, 0.29) is 88.5 Å². The predicted molar refractivity (Wildman–Crippen MR) is 143 cm³/mol. The minimum Gasteiger partial charge on any atom is -0.471 e. The second-order valence-electron chi connectivity index (χ2n) is 9.93. The molecule has 0 unspecified atom stereocenters. The Hall–Kier alpha value is -3.33. The van der Waals surface area contributed by atoms with Crippen molar-refractivity contribution in [2.24, 2.45) is 11.8 Å². The maximum Gasteiger partial charge on any atom is 0.391 e. The SMILES string of the molecule is O=C(CC1CCC(C(F)(F)F)CC1)c1cc2[nH]c(Nc3c(Cl)ccc(CNC(=O)C(F)F)c3Cl)nc2nc1OCC(F)F. The van der Waals surface area contributed by atoms with Gasteiger partial charge in [-0.05, 0) is 49.3 Å². The van der Waals surface area contributed by atoms with Gasteiger partial charge in [-0.15, -0.1) is 0 Å². The summed E-state index contributed by atoms with van der Waals surface area (Å²) in [5, 5.41) is 4.91. The van der Waals surface area contributed by atoms with E-state index in [1.54, 1.807) is 0 Å². The molecule has 4 rings (SSSR count). The molecule has 43 heavy (non-hydrogen) atoms. The summed E-state index contributed by atoms with van der Waals surface area (Å²) >= 11 is 12.6. The maximum atomic E-state index is 13.2. The number of nitrogens with zero attached hydrogens (tertiary/aromatic N) is 2. The number of halogens is 9. The van der Waals surface area contributed by atoms with E-state index in [1.807, 2.05) is 5.32 Å². The third kappa shape index (κ3) is 8.19. The Labute approximate surface area is 249 Å². The quantitative estimate of drug-likeness (QED) is 0.146. The molecular formula is C26H24Cl2F7N5O3. The summed E-state index contributed by atoms with van der Waals surface area (Å²) in [7, 11) is 0. The highest BCUT2D eigenvalue weighted by Gasteiger charge is 2.41. The van der Waals surface area contributed by atoms with Crippen LogP contribution < -0.4 is 15.4 Å². The van der Waals surface area contributed by atoms with Gasteiger partial charge in [-0.25, -0.2) is 8.78 Å². The lowest BCUT2D eigenvalue weighted by molar-refractivity contribution is -0.183. The molecule has 0 bridgehead atoms. The Bertz CT molecular complexity index is 1480. The van der Waals surface area contributed by atoms with Gasteiger partial charge in [-0.2, -0.15) is 31.9 Å². The number of imidazole rings is 1. The van der Waals surface area contributed by atoms with Gasteiger partial charge in [-0.1, -0.05) is 29.3 Å². The van der Waals surface area contributed by atoms with E-state index in [0.717, 1.165) is 0 Å². The molecule has 0 aliphatic heterocycles. The van der Waals surface area contributed by atoms with E-state index in [2.05, 4.69) is 20.3 Å². The number of hydrogen-bond acceptors (Lipinski definition) is 6. The van der Waals surface area contributed by atoms with Crippen molar-refractivity contribution in [3.63, 3.8) is 0 Å². The number of rotatable bonds is 11. The molecule has 1 fully saturated rings. The van der Waals surface area contributed by atoms with Gasteiger partial charge in [0.25, 0.3) is 12.3 Å². The normalized spacial score (nSPS) is 17.5. The summed E-state index contributed by atoms with van der Waals surface area (Å²) in [6, 6.07) is 4.11. The molecule has 3 aromatic rings. The molecule has 3 N–H and O–H groups in total. The number of anilines is 2.